The number of alkyl halides is 3. The van der Waals surface area contributed by atoms with Crippen molar-refractivity contribution >= 4 is 5.91 Å². The molecule has 0 radical (unpaired) electrons. The molecule has 60 valence electrons. The van der Waals surface area contributed by atoms with E-state index in [9.17, 15) is 18.0 Å². The van der Waals surface area contributed by atoms with E-state index in [1.165, 1.54) is 0 Å². The number of amides is 1. The Labute approximate surface area is 54.9 Å². The maximum absolute atomic E-state index is 11.1. The highest BCUT2D eigenvalue weighted by Crippen LogP contribution is 2.15. The number of primary amides is 1. The lowest BCUT2D eigenvalue weighted by molar-refractivity contribution is -0.323. The maximum atomic E-state index is 11.1. The van der Waals surface area contributed by atoms with E-state index in [1.54, 1.807) is 0 Å². The first kappa shape index (κ1) is 9.22. The predicted octanol–water partition coefficient (Wildman–Crippen LogP) is 0.398. The number of nitrogens with two attached hydrogens (primary N) is 1. The van der Waals surface area contributed by atoms with Crippen molar-refractivity contribution in [2.75, 3.05) is 6.61 Å². The Morgan fingerprint density at radius 3 is 2.30 bits per heavy atom. The molecule has 0 aromatic carbocycles. The minimum Gasteiger partial charge on any atom is -0.370 e. The van der Waals surface area contributed by atoms with Gasteiger partial charge in [0.05, 0.1) is 13.0 Å². The van der Waals surface area contributed by atoms with Crippen molar-refractivity contribution in [3.63, 3.8) is 0 Å². The molecule has 0 aromatic heterocycles. The minimum atomic E-state index is -4.67. The summed E-state index contributed by atoms with van der Waals surface area (Å²) in [6.07, 6.45) is -5.09. The van der Waals surface area contributed by atoms with Crippen LogP contribution in [0.5, 0.6) is 0 Å². The topological polar surface area (TPSA) is 52.3 Å². The van der Waals surface area contributed by atoms with Crippen molar-refractivity contribution in [1.29, 1.82) is 0 Å². The molecular formula is C4H6F3NO2. The number of ether oxygens (including phenoxy) is 1. The predicted molar refractivity (Wildman–Crippen MR) is 25.8 cm³/mol. The summed E-state index contributed by atoms with van der Waals surface area (Å²) in [5, 5.41) is 0. The zero-order chi connectivity index (χ0) is 8.20. The summed E-state index contributed by atoms with van der Waals surface area (Å²) < 4.78 is 36.6. The lowest BCUT2D eigenvalue weighted by atomic mass is 10.4. The first-order chi connectivity index (χ1) is 4.42. The second kappa shape index (κ2) is 3.40. The number of carbonyl (C=O) groups is 1. The average molecular weight is 157 g/mol. The van der Waals surface area contributed by atoms with Gasteiger partial charge in [-0.1, -0.05) is 0 Å². The lowest BCUT2D eigenvalue weighted by Gasteiger charge is -2.04. The fourth-order valence-corrected chi connectivity index (χ4v) is 0.267. The third-order valence-electron chi connectivity index (χ3n) is 0.614. The molecule has 0 bridgehead atoms. The maximum Gasteiger partial charge on any atom is 0.522 e. The van der Waals surface area contributed by atoms with E-state index in [1.807, 2.05) is 0 Å². The van der Waals surface area contributed by atoms with Crippen LogP contribution >= 0.6 is 0 Å². The Balaban J connectivity index is 3.29. The van der Waals surface area contributed by atoms with Crippen LogP contribution in [0.1, 0.15) is 6.42 Å². The molecule has 0 heterocycles. The van der Waals surface area contributed by atoms with Crippen molar-refractivity contribution in [2.45, 2.75) is 12.8 Å². The van der Waals surface area contributed by atoms with Crippen LogP contribution in [-0.4, -0.2) is 18.9 Å². The van der Waals surface area contributed by atoms with Crippen LogP contribution in [-0.2, 0) is 9.53 Å². The number of halogens is 3. The summed E-state index contributed by atoms with van der Waals surface area (Å²) >= 11 is 0. The summed E-state index contributed by atoms with van der Waals surface area (Å²) in [5.41, 5.74) is 4.54. The highest BCUT2D eigenvalue weighted by atomic mass is 19.4. The molecule has 0 saturated heterocycles. The van der Waals surface area contributed by atoms with Gasteiger partial charge < -0.3 is 5.73 Å². The second-order valence-electron chi connectivity index (χ2n) is 1.51. The van der Waals surface area contributed by atoms with Gasteiger partial charge in [-0.05, 0) is 0 Å². The van der Waals surface area contributed by atoms with Gasteiger partial charge in [-0.2, -0.15) is 0 Å². The summed E-state index contributed by atoms with van der Waals surface area (Å²) in [5.74, 6) is -0.816. The van der Waals surface area contributed by atoms with Crippen LogP contribution in [0.15, 0.2) is 0 Å². The van der Waals surface area contributed by atoms with Crippen LogP contribution < -0.4 is 5.73 Å². The number of hydrogen-bond donors (Lipinski definition) is 1. The van der Waals surface area contributed by atoms with Gasteiger partial charge in [0, 0.05) is 0 Å². The van der Waals surface area contributed by atoms with Gasteiger partial charge in [0.2, 0.25) is 5.91 Å². The molecule has 1 amide bonds. The van der Waals surface area contributed by atoms with E-state index in [4.69, 9.17) is 0 Å². The van der Waals surface area contributed by atoms with Gasteiger partial charge in [-0.25, -0.2) is 0 Å². The van der Waals surface area contributed by atoms with Crippen LogP contribution in [0.2, 0.25) is 0 Å². The fraction of sp³-hybridized carbons (Fsp3) is 0.750. The van der Waals surface area contributed by atoms with Gasteiger partial charge >= 0.3 is 6.36 Å². The molecule has 0 atom stereocenters. The third-order valence-corrected chi connectivity index (χ3v) is 0.614. The van der Waals surface area contributed by atoms with E-state index in [2.05, 4.69) is 10.5 Å². The third kappa shape index (κ3) is 7.22. The van der Waals surface area contributed by atoms with Crippen molar-refractivity contribution in [3.05, 3.63) is 0 Å². The molecule has 6 heteroatoms. The molecular weight excluding hydrogens is 151 g/mol. The van der Waals surface area contributed by atoms with Gasteiger partial charge in [-0.3, -0.25) is 9.53 Å². The van der Waals surface area contributed by atoms with Gasteiger partial charge in [0.15, 0.2) is 0 Å². The van der Waals surface area contributed by atoms with E-state index >= 15 is 0 Å². The SMILES string of the molecule is NC(=O)CCOC(F)(F)F. The highest BCUT2D eigenvalue weighted by molar-refractivity contribution is 5.73. The first-order valence-corrected chi connectivity index (χ1v) is 2.41. The number of hydrogen-bond acceptors (Lipinski definition) is 2. The Morgan fingerprint density at radius 2 is 2.00 bits per heavy atom. The molecule has 0 aliphatic heterocycles. The molecule has 2 N–H and O–H groups in total. The van der Waals surface area contributed by atoms with Crippen LogP contribution in [0, 0.1) is 0 Å². The molecule has 0 aliphatic rings. The highest BCUT2D eigenvalue weighted by Gasteiger charge is 2.28. The van der Waals surface area contributed by atoms with Crippen molar-refractivity contribution in [1.82, 2.24) is 0 Å². The van der Waals surface area contributed by atoms with E-state index < -0.39 is 25.3 Å². The molecule has 3 nitrogen and oxygen atoms in total. The summed E-state index contributed by atoms with van der Waals surface area (Å²) in [4.78, 5) is 9.86. The molecule has 0 aromatic rings. The van der Waals surface area contributed by atoms with Crippen molar-refractivity contribution in [2.24, 2.45) is 5.73 Å². The summed E-state index contributed by atoms with van der Waals surface area (Å²) in [6.45, 7) is -0.709. The average Bonchev–Trinajstić information content (AvgIpc) is 1.59. The normalized spacial score (nSPS) is 11.5. The Bertz CT molecular complexity index is 122. The molecule has 0 saturated carbocycles. The second-order valence-corrected chi connectivity index (χ2v) is 1.51. The number of carbonyl (C=O) groups excluding carboxylic acids is 1. The Kier molecular flexibility index (Phi) is 3.14. The van der Waals surface area contributed by atoms with E-state index in [-0.39, 0.29) is 0 Å². The monoisotopic (exact) mass is 157 g/mol. The van der Waals surface area contributed by atoms with Crippen LogP contribution in [0.25, 0.3) is 0 Å². The summed E-state index contributed by atoms with van der Waals surface area (Å²) in [7, 11) is 0. The minimum absolute atomic E-state index is 0.417. The zero-order valence-corrected chi connectivity index (χ0v) is 4.94. The van der Waals surface area contributed by atoms with Gasteiger partial charge in [-0.15, -0.1) is 13.2 Å². The number of rotatable bonds is 3. The van der Waals surface area contributed by atoms with E-state index in [0.29, 0.717) is 0 Å². The Morgan fingerprint density at radius 1 is 1.50 bits per heavy atom. The van der Waals surface area contributed by atoms with Gasteiger partial charge in [0.25, 0.3) is 0 Å². The largest absolute Gasteiger partial charge is 0.522 e. The molecule has 0 aliphatic carbocycles. The van der Waals surface area contributed by atoms with E-state index in [0.717, 1.165) is 0 Å². The smallest absolute Gasteiger partial charge is 0.370 e. The van der Waals surface area contributed by atoms with Gasteiger partial charge in [0.1, 0.15) is 0 Å². The molecule has 10 heavy (non-hydrogen) atoms. The van der Waals surface area contributed by atoms with Crippen molar-refractivity contribution < 1.29 is 22.7 Å². The van der Waals surface area contributed by atoms with Crippen LogP contribution in [0.4, 0.5) is 13.2 Å². The van der Waals surface area contributed by atoms with Crippen LogP contribution in [0.3, 0.4) is 0 Å². The quantitative estimate of drug-likeness (QED) is 0.644. The summed E-state index contributed by atoms with van der Waals surface area (Å²) in [6, 6.07) is 0. The molecule has 0 unspecified atom stereocenters. The standard InChI is InChI=1S/C4H6F3NO2/c5-4(6,7)10-2-1-3(8)9/h1-2H2,(H2,8,9). The Hall–Kier alpha value is -0.780. The lowest BCUT2D eigenvalue weighted by Crippen LogP contribution is -2.19. The molecule has 0 spiro atoms. The zero-order valence-electron chi connectivity index (χ0n) is 4.94. The molecule has 0 rings (SSSR count). The fourth-order valence-electron chi connectivity index (χ4n) is 0.267. The molecule has 0 fully saturated rings. The van der Waals surface area contributed by atoms with Crippen molar-refractivity contribution in [3.8, 4) is 0 Å². The first-order valence-electron chi connectivity index (χ1n) is 2.41.